The molecule has 0 unspecified atom stereocenters. The van der Waals surface area contributed by atoms with E-state index in [0.717, 1.165) is 36.3 Å². The highest BCUT2D eigenvalue weighted by Gasteiger charge is 2.02. The molecule has 1 heterocycles. The summed E-state index contributed by atoms with van der Waals surface area (Å²) in [6, 6.07) is 7.98. The predicted octanol–water partition coefficient (Wildman–Crippen LogP) is 2.33. The Labute approximate surface area is 118 Å². The van der Waals surface area contributed by atoms with Crippen LogP contribution in [0.5, 0.6) is 0 Å². The molecule has 0 fully saturated rings. The number of nitrogens with two attached hydrogens (primary N) is 1. The van der Waals surface area contributed by atoms with Crippen LogP contribution in [-0.4, -0.2) is 21.3 Å². The monoisotopic (exact) mass is 274 g/mol. The van der Waals surface area contributed by atoms with Gasteiger partial charge in [0.05, 0.1) is 0 Å². The molecule has 0 spiro atoms. The van der Waals surface area contributed by atoms with Crippen LogP contribution < -0.4 is 11.1 Å². The van der Waals surface area contributed by atoms with Crippen molar-refractivity contribution in [1.82, 2.24) is 9.78 Å². The summed E-state index contributed by atoms with van der Waals surface area (Å²) in [5.41, 5.74) is 8.78. The number of thiocarbonyl (C=S) groups is 1. The van der Waals surface area contributed by atoms with Gasteiger partial charge in [0.15, 0.2) is 0 Å². The van der Waals surface area contributed by atoms with Crippen molar-refractivity contribution in [3.05, 3.63) is 47.8 Å². The highest BCUT2D eigenvalue weighted by molar-refractivity contribution is 7.80. The van der Waals surface area contributed by atoms with Crippen LogP contribution in [0.3, 0.4) is 0 Å². The predicted molar refractivity (Wildman–Crippen MR) is 82.4 cm³/mol. The number of hydrogen-bond donors (Lipinski definition) is 2. The van der Waals surface area contributed by atoms with Crippen molar-refractivity contribution in [2.45, 2.75) is 19.9 Å². The maximum Gasteiger partial charge on any atom is 0.104 e. The van der Waals surface area contributed by atoms with Crippen molar-refractivity contribution in [1.29, 1.82) is 0 Å². The molecule has 0 atom stereocenters. The van der Waals surface area contributed by atoms with Crippen LogP contribution in [-0.2, 0) is 6.54 Å². The third-order valence-corrected chi connectivity index (χ3v) is 3.16. The van der Waals surface area contributed by atoms with E-state index in [-0.39, 0.29) is 0 Å². The van der Waals surface area contributed by atoms with Gasteiger partial charge in [0.25, 0.3) is 0 Å². The molecule has 0 saturated heterocycles. The number of nitrogens with one attached hydrogen (secondary N) is 1. The lowest BCUT2D eigenvalue weighted by Crippen LogP contribution is -2.12. The van der Waals surface area contributed by atoms with E-state index in [1.807, 2.05) is 36.0 Å². The highest BCUT2D eigenvalue weighted by Crippen LogP contribution is 2.15. The topological polar surface area (TPSA) is 55.9 Å². The van der Waals surface area contributed by atoms with Gasteiger partial charge < -0.3 is 11.1 Å². The summed E-state index contributed by atoms with van der Waals surface area (Å²) >= 11 is 4.99. The minimum absolute atomic E-state index is 0.447. The molecule has 0 saturated carbocycles. The summed E-state index contributed by atoms with van der Waals surface area (Å²) in [7, 11) is 0. The first-order valence-electron chi connectivity index (χ1n) is 6.28. The largest absolute Gasteiger partial charge is 0.389 e. The summed E-state index contributed by atoms with van der Waals surface area (Å²) in [5, 5.41) is 7.56. The molecule has 3 N–H and O–H groups in total. The number of aryl methyl sites for hydroxylation is 2. The number of hydrogen-bond acceptors (Lipinski definition) is 3. The Kier molecular flexibility index (Phi) is 4.52. The maximum atomic E-state index is 5.64. The molecule has 2 aromatic rings. The third kappa shape index (κ3) is 3.79. The van der Waals surface area contributed by atoms with Crippen molar-refractivity contribution in [2.24, 2.45) is 5.73 Å². The van der Waals surface area contributed by atoms with Crippen LogP contribution in [0.1, 0.15) is 17.5 Å². The average Bonchev–Trinajstić information content (AvgIpc) is 2.87. The van der Waals surface area contributed by atoms with Crippen LogP contribution in [0.15, 0.2) is 36.7 Å². The van der Waals surface area contributed by atoms with Crippen molar-refractivity contribution in [3.63, 3.8) is 0 Å². The quantitative estimate of drug-likeness (QED) is 0.627. The Morgan fingerprint density at radius 3 is 2.95 bits per heavy atom. The molecule has 2 rings (SSSR count). The number of anilines is 1. The van der Waals surface area contributed by atoms with Crippen LogP contribution in [0, 0.1) is 6.92 Å². The van der Waals surface area contributed by atoms with Crippen LogP contribution in [0.2, 0.25) is 0 Å². The molecule has 0 amide bonds. The van der Waals surface area contributed by atoms with E-state index in [4.69, 9.17) is 18.0 Å². The molecule has 0 bridgehead atoms. The fourth-order valence-electron chi connectivity index (χ4n) is 1.96. The Bertz CT molecular complexity index is 549. The first kappa shape index (κ1) is 13.5. The number of nitrogens with zero attached hydrogens (tertiary/aromatic N) is 2. The highest BCUT2D eigenvalue weighted by atomic mass is 32.1. The molecule has 19 heavy (non-hydrogen) atoms. The normalized spacial score (nSPS) is 10.4. The van der Waals surface area contributed by atoms with Crippen LogP contribution in [0.25, 0.3) is 0 Å². The van der Waals surface area contributed by atoms with Crippen molar-refractivity contribution in [3.8, 4) is 0 Å². The van der Waals surface area contributed by atoms with Gasteiger partial charge in [-0.15, -0.1) is 0 Å². The summed E-state index contributed by atoms with van der Waals surface area (Å²) < 4.78 is 1.93. The van der Waals surface area contributed by atoms with Gasteiger partial charge in [0.1, 0.15) is 4.99 Å². The Morgan fingerprint density at radius 2 is 2.32 bits per heavy atom. The Balaban J connectivity index is 1.83. The van der Waals surface area contributed by atoms with Gasteiger partial charge >= 0.3 is 0 Å². The molecule has 1 aromatic carbocycles. The summed E-state index contributed by atoms with van der Waals surface area (Å²) in [5.74, 6) is 0. The van der Waals surface area contributed by atoms with Crippen molar-refractivity contribution in [2.75, 3.05) is 11.9 Å². The fourth-order valence-corrected chi connectivity index (χ4v) is 2.19. The second kappa shape index (κ2) is 6.33. The lowest BCUT2D eigenvalue weighted by molar-refractivity contribution is 0.592. The lowest BCUT2D eigenvalue weighted by Gasteiger charge is -2.10. The molecule has 4 nitrogen and oxygen atoms in total. The number of rotatable bonds is 6. The smallest absolute Gasteiger partial charge is 0.104 e. The third-order valence-electron chi connectivity index (χ3n) is 2.94. The van der Waals surface area contributed by atoms with Gasteiger partial charge in [-0.25, -0.2) is 0 Å². The first-order chi connectivity index (χ1) is 9.16. The molecular weight excluding hydrogens is 256 g/mol. The zero-order valence-corrected chi connectivity index (χ0v) is 11.8. The van der Waals surface area contributed by atoms with Crippen LogP contribution in [0.4, 0.5) is 5.69 Å². The fraction of sp³-hybridized carbons (Fsp3) is 0.286. The van der Waals surface area contributed by atoms with Gasteiger partial charge in [-0.3, -0.25) is 4.68 Å². The summed E-state index contributed by atoms with van der Waals surface area (Å²) in [6.45, 7) is 3.85. The van der Waals surface area contributed by atoms with Gasteiger partial charge in [-0.05, 0) is 43.2 Å². The second-order valence-corrected chi connectivity index (χ2v) is 4.88. The van der Waals surface area contributed by atoms with Crippen molar-refractivity contribution >= 4 is 22.9 Å². The zero-order chi connectivity index (χ0) is 13.7. The lowest BCUT2D eigenvalue weighted by atomic mass is 10.1. The SMILES string of the molecule is Cc1cc(NCCCn2cccn2)ccc1C(N)=S. The van der Waals surface area contributed by atoms with Gasteiger partial charge in [-0.2, -0.15) is 5.10 Å². The molecule has 100 valence electrons. The van der Waals surface area contributed by atoms with E-state index in [0.29, 0.717) is 4.99 Å². The van der Waals surface area contributed by atoms with E-state index in [1.54, 1.807) is 6.20 Å². The number of benzene rings is 1. The van der Waals surface area contributed by atoms with E-state index in [1.165, 1.54) is 0 Å². The minimum Gasteiger partial charge on any atom is -0.389 e. The molecular formula is C14H18N4S. The number of aromatic nitrogens is 2. The molecule has 1 aromatic heterocycles. The van der Waals surface area contributed by atoms with Gasteiger partial charge in [0.2, 0.25) is 0 Å². The molecule has 0 aliphatic carbocycles. The standard InChI is InChI=1S/C14H18N4S/c1-11-10-12(4-5-13(11)14(15)19)16-6-2-8-18-9-3-7-17-18/h3-5,7,9-10,16H,2,6,8H2,1H3,(H2,15,19). The Morgan fingerprint density at radius 1 is 1.47 bits per heavy atom. The second-order valence-electron chi connectivity index (χ2n) is 4.44. The van der Waals surface area contributed by atoms with Crippen LogP contribution >= 0.6 is 12.2 Å². The summed E-state index contributed by atoms with van der Waals surface area (Å²) in [6.07, 6.45) is 4.80. The first-order valence-corrected chi connectivity index (χ1v) is 6.69. The Hall–Kier alpha value is -1.88. The zero-order valence-electron chi connectivity index (χ0n) is 11.0. The van der Waals surface area contributed by atoms with E-state index >= 15 is 0 Å². The molecule has 0 aliphatic rings. The van der Waals surface area contributed by atoms with E-state index in [9.17, 15) is 0 Å². The van der Waals surface area contributed by atoms with Gasteiger partial charge in [-0.1, -0.05) is 12.2 Å². The molecule has 0 aliphatic heterocycles. The van der Waals surface area contributed by atoms with E-state index in [2.05, 4.69) is 16.5 Å². The maximum absolute atomic E-state index is 5.64. The summed E-state index contributed by atoms with van der Waals surface area (Å²) in [4.78, 5) is 0.447. The van der Waals surface area contributed by atoms with Crippen molar-refractivity contribution < 1.29 is 0 Å². The minimum atomic E-state index is 0.447. The van der Waals surface area contributed by atoms with E-state index < -0.39 is 0 Å². The molecule has 0 radical (unpaired) electrons. The molecule has 5 heteroatoms. The van der Waals surface area contributed by atoms with Gasteiger partial charge in [0, 0.05) is 36.7 Å². The average molecular weight is 274 g/mol.